The van der Waals surface area contributed by atoms with Crippen molar-refractivity contribution in [3.8, 4) is 11.1 Å². The van der Waals surface area contributed by atoms with E-state index in [1.165, 1.54) is 18.2 Å². The lowest BCUT2D eigenvalue weighted by Gasteiger charge is -2.08. The van der Waals surface area contributed by atoms with Crippen molar-refractivity contribution < 1.29 is 9.85 Å². The van der Waals surface area contributed by atoms with Crippen LogP contribution >= 0.6 is 12.2 Å². The fourth-order valence-electron chi connectivity index (χ4n) is 2.46. The molecule has 0 fully saturated rings. The van der Waals surface area contributed by atoms with Crippen LogP contribution in [-0.2, 0) is 0 Å². The first kappa shape index (κ1) is 14.8. The second kappa shape index (κ2) is 5.58. The summed E-state index contributed by atoms with van der Waals surface area (Å²) in [6, 6.07) is 12.8. The number of pyridine rings is 1. The summed E-state index contributed by atoms with van der Waals surface area (Å²) in [5.41, 5.74) is 0.946. The predicted octanol–water partition coefficient (Wildman–Crippen LogP) is 4.38. The van der Waals surface area contributed by atoms with E-state index in [2.05, 4.69) is 4.98 Å². The van der Waals surface area contributed by atoms with E-state index in [4.69, 9.17) is 12.2 Å². The third kappa shape index (κ3) is 2.55. The molecule has 0 bridgehead atoms. The molecule has 1 N–H and O–H groups in total. The fraction of sp³-hybridized carbons (Fsp3) is 0. The highest BCUT2D eigenvalue weighted by atomic mass is 32.1. The van der Waals surface area contributed by atoms with Crippen molar-refractivity contribution in [1.29, 1.82) is 0 Å². The third-order valence-electron chi connectivity index (χ3n) is 3.43. The monoisotopic (exact) mass is 327 g/mol. The van der Waals surface area contributed by atoms with E-state index in [1.54, 1.807) is 30.3 Å². The second-order valence-corrected chi connectivity index (χ2v) is 5.20. The van der Waals surface area contributed by atoms with Gasteiger partial charge in [-0.2, -0.15) is 0 Å². The van der Waals surface area contributed by atoms with E-state index < -0.39 is 9.85 Å². The average molecular weight is 327 g/mol. The Morgan fingerprint density at radius 3 is 2.26 bits per heavy atom. The number of nitrogens with one attached hydrogen (secondary N) is 1. The molecule has 3 rings (SSSR count). The molecule has 2 aromatic carbocycles. The van der Waals surface area contributed by atoms with Crippen molar-refractivity contribution in [1.82, 2.24) is 4.98 Å². The van der Waals surface area contributed by atoms with Crippen LogP contribution in [0.1, 0.15) is 0 Å². The summed E-state index contributed by atoms with van der Waals surface area (Å²) in [5.74, 6) is 0. The van der Waals surface area contributed by atoms with Gasteiger partial charge >= 0.3 is 5.69 Å². The van der Waals surface area contributed by atoms with Gasteiger partial charge in [0.25, 0.3) is 5.69 Å². The lowest BCUT2D eigenvalue weighted by Crippen LogP contribution is -1.98. The van der Waals surface area contributed by atoms with Gasteiger partial charge in [0, 0.05) is 23.0 Å². The molecule has 23 heavy (non-hydrogen) atoms. The van der Waals surface area contributed by atoms with Gasteiger partial charge in [0.1, 0.15) is 0 Å². The predicted molar refractivity (Wildman–Crippen MR) is 87.9 cm³/mol. The molecule has 0 atom stereocenters. The summed E-state index contributed by atoms with van der Waals surface area (Å²) in [7, 11) is 0. The van der Waals surface area contributed by atoms with Gasteiger partial charge in [0.2, 0.25) is 0 Å². The van der Waals surface area contributed by atoms with Crippen molar-refractivity contribution in [2.24, 2.45) is 0 Å². The summed E-state index contributed by atoms with van der Waals surface area (Å²) in [6.07, 6.45) is 0. The van der Waals surface area contributed by atoms with Crippen LogP contribution in [-0.4, -0.2) is 14.8 Å². The van der Waals surface area contributed by atoms with Crippen LogP contribution in [0.15, 0.2) is 48.5 Å². The van der Waals surface area contributed by atoms with E-state index in [0.29, 0.717) is 16.5 Å². The van der Waals surface area contributed by atoms with Gasteiger partial charge in [-0.25, -0.2) is 0 Å². The first-order valence-corrected chi connectivity index (χ1v) is 6.94. The van der Waals surface area contributed by atoms with E-state index in [1.807, 2.05) is 0 Å². The quantitative estimate of drug-likeness (QED) is 0.437. The Morgan fingerprint density at radius 2 is 1.65 bits per heavy atom. The molecule has 1 heterocycles. The molecule has 3 aromatic rings. The number of nitro benzene ring substituents is 1. The van der Waals surface area contributed by atoms with Crippen molar-refractivity contribution in [2.45, 2.75) is 0 Å². The normalized spacial score (nSPS) is 10.6. The molecule has 0 spiro atoms. The number of aromatic amines is 1. The van der Waals surface area contributed by atoms with Crippen LogP contribution in [0.4, 0.5) is 11.4 Å². The molecule has 1 aromatic heterocycles. The molecule has 8 heteroatoms. The number of rotatable bonds is 3. The van der Waals surface area contributed by atoms with Gasteiger partial charge in [0.05, 0.1) is 15.4 Å². The van der Waals surface area contributed by atoms with Gasteiger partial charge in [0.15, 0.2) is 4.64 Å². The Balaban J connectivity index is 2.51. The van der Waals surface area contributed by atoms with E-state index in [-0.39, 0.29) is 21.6 Å². The molecular weight excluding hydrogens is 318 g/mol. The number of H-pyrrole nitrogens is 1. The summed E-state index contributed by atoms with van der Waals surface area (Å²) in [4.78, 5) is 24.1. The summed E-state index contributed by atoms with van der Waals surface area (Å²) in [6.45, 7) is 0. The van der Waals surface area contributed by atoms with Crippen LogP contribution < -0.4 is 0 Å². The number of fused-ring (bicyclic) bond motifs is 1. The summed E-state index contributed by atoms with van der Waals surface area (Å²) in [5, 5.41) is 22.9. The zero-order chi connectivity index (χ0) is 16.6. The first-order valence-electron chi connectivity index (χ1n) is 6.53. The molecule has 0 aliphatic heterocycles. The minimum atomic E-state index is -0.570. The zero-order valence-corrected chi connectivity index (χ0v) is 12.4. The molecule has 0 saturated heterocycles. The van der Waals surface area contributed by atoms with E-state index in [0.717, 1.165) is 0 Å². The SMILES string of the molecule is O=[N+]([O-])c1ccc2[nH]c(=S)c([N+](=O)[O-])c(-c3ccccc3)c2c1. The Labute approximate surface area is 134 Å². The largest absolute Gasteiger partial charge is 0.340 e. The molecule has 0 saturated carbocycles. The molecule has 0 aliphatic carbocycles. The molecule has 0 unspecified atom stereocenters. The number of nitrogens with zero attached hydrogens (tertiary/aromatic N) is 2. The Bertz CT molecular complexity index is 999. The van der Waals surface area contributed by atoms with Crippen LogP contribution in [0, 0.1) is 24.9 Å². The molecule has 0 radical (unpaired) electrons. The molecule has 7 nitrogen and oxygen atoms in total. The molecule has 114 valence electrons. The Kier molecular flexibility index (Phi) is 3.59. The van der Waals surface area contributed by atoms with Crippen LogP contribution in [0.25, 0.3) is 22.0 Å². The van der Waals surface area contributed by atoms with E-state index in [9.17, 15) is 20.2 Å². The third-order valence-corrected chi connectivity index (χ3v) is 3.72. The van der Waals surface area contributed by atoms with Crippen molar-refractivity contribution in [3.05, 3.63) is 73.4 Å². The van der Waals surface area contributed by atoms with Crippen LogP contribution in [0.2, 0.25) is 0 Å². The van der Waals surface area contributed by atoms with Crippen LogP contribution in [0.3, 0.4) is 0 Å². The van der Waals surface area contributed by atoms with Crippen molar-refractivity contribution >= 4 is 34.5 Å². The maximum Gasteiger partial charge on any atom is 0.312 e. The maximum absolute atomic E-state index is 11.5. The Hall–Kier alpha value is -3.13. The van der Waals surface area contributed by atoms with Gasteiger partial charge in [-0.15, -0.1) is 0 Å². The summed E-state index contributed by atoms with van der Waals surface area (Å²) < 4.78 is -0.0183. The summed E-state index contributed by atoms with van der Waals surface area (Å²) >= 11 is 5.10. The van der Waals surface area contributed by atoms with Gasteiger partial charge < -0.3 is 4.98 Å². The smallest absolute Gasteiger partial charge is 0.312 e. The number of aromatic nitrogens is 1. The minimum absolute atomic E-state index is 0.0183. The van der Waals surface area contributed by atoms with Gasteiger partial charge in [-0.3, -0.25) is 20.2 Å². The maximum atomic E-state index is 11.5. The number of hydrogen-bond acceptors (Lipinski definition) is 5. The standard InChI is InChI=1S/C15H9N3O4S/c19-17(20)10-6-7-12-11(8-10)13(9-4-2-1-3-5-9)14(18(21)22)15(23)16-12/h1-8H,(H,16,23). The molecule has 0 aliphatic rings. The highest BCUT2D eigenvalue weighted by Crippen LogP contribution is 2.37. The lowest BCUT2D eigenvalue weighted by atomic mass is 9.99. The average Bonchev–Trinajstić information content (AvgIpc) is 2.53. The number of benzene rings is 2. The van der Waals surface area contributed by atoms with Gasteiger partial charge in [-0.1, -0.05) is 42.5 Å². The minimum Gasteiger partial charge on any atom is -0.340 e. The number of hydrogen-bond donors (Lipinski definition) is 1. The van der Waals surface area contributed by atoms with Crippen molar-refractivity contribution in [3.63, 3.8) is 0 Å². The molecular formula is C15H9N3O4S. The molecule has 0 amide bonds. The Morgan fingerprint density at radius 1 is 0.957 bits per heavy atom. The topological polar surface area (TPSA) is 102 Å². The zero-order valence-electron chi connectivity index (χ0n) is 11.6. The first-order chi connectivity index (χ1) is 11.0. The second-order valence-electron chi connectivity index (χ2n) is 4.79. The highest BCUT2D eigenvalue weighted by Gasteiger charge is 2.23. The lowest BCUT2D eigenvalue weighted by molar-refractivity contribution is -0.385. The highest BCUT2D eigenvalue weighted by molar-refractivity contribution is 7.71. The number of nitro groups is 2. The van der Waals surface area contributed by atoms with E-state index >= 15 is 0 Å². The number of non-ortho nitro benzene ring substituents is 1. The van der Waals surface area contributed by atoms with Crippen molar-refractivity contribution in [2.75, 3.05) is 0 Å². The fourth-order valence-corrected chi connectivity index (χ4v) is 2.74. The van der Waals surface area contributed by atoms with Crippen LogP contribution in [0.5, 0.6) is 0 Å². The van der Waals surface area contributed by atoms with Gasteiger partial charge in [-0.05, 0) is 11.6 Å².